The molecule has 0 spiro atoms. The smallest absolute Gasteiger partial charge is 0.146 e. The van der Waals surface area contributed by atoms with Crippen LogP contribution in [0.4, 0.5) is 11.5 Å². The zero-order valence-corrected chi connectivity index (χ0v) is 10.1. The summed E-state index contributed by atoms with van der Waals surface area (Å²) >= 11 is 0. The third-order valence-electron chi connectivity index (χ3n) is 3.34. The fourth-order valence-electron chi connectivity index (χ4n) is 2.36. The number of hydrogen-bond acceptors (Lipinski definition) is 4. The number of anilines is 2. The summed E-state index contributed by atoms with van der Waals surface area (Å²) in [6, 6.07) is 4.52. The van der Waals surface area contributed by atoms with Gasteiger partial charge in [0.1, 0.15) is 5.82 Å². The predicted octanol–water partition coefficient (Wildman–Crippen LogP) is 1.19. The van der Waals surface area contributed by atoms with Crippen LogP contribution in [-0.2, 0) is 0 Å². The molecule has 0 amide bonds. The number of nitrogens with zero attached hydrogens (tertiary/aromatic N) is 3. The van der Waals surface area contributed by atoms with E-state index in [0.29, 0.717) is 11.9 Å². The first-order chi connectivity index (χ1) is 7.68. The Morgan fingerprint density at radius 1 is 1.56 bits per heavy atom. The summed E-state index contributed by atoms with van der Waals surface area (Å²) in [4.78, 5) is 8.77. The van der Waals surface area contributed by atoms with E-state index in [-0.39, 0.29) is 0 Å². The predicted molar refractivity (Wildman–Crippen MR) is 67.6 cm³/mol. The van der Waals surface area contributed by atoms with E-state index in [4.69, 9.17) is 5.73 Å². The molecule has 2 heterocycles. The average molecular weight is 220 g/mol. The third kappa shape index (κ3) is 2.27. The molecule has 0 aromatic carbocycles. The SMILES string of the molecule is CN1CCCC(N(C)c2cccnc2N)C1. The first-order valence-electron chi connectivity index (χ1n) is 5.80. The van der Waals surface area contributed by atoms with Gasteiger partial charge < -0.3 is 15.5 Å². The molecule has 1 aromatic rings. The maximum atomic E-state index is 5.90. The second-order valence-electron chi connectivity index (χ2n) is 4.58. The molecule has 0 bridgehead atoms. The largest absolute Gasteiger partial charge is 0.382 e. The number of nitrogens with two attached hydrogens (primary N) is 1. The Morgan fingerprint density at radius 3 is 3.06 bits per heavy atom. The Hall–Kier alpha value is -1.29. The highest BCUT2D eigenvalue weighted by Crippen LogP contribution is 2.24. The molecule has 1 fully saturated rings. The van der Waals surface area contributed by atoms with E-state index in [1.165, 1.54) is 19.4 Å². The molecule has 1 saturated heterocycles. The van der Waals surface area contributed by atoms with Crippen molar-refractivity contribution in [3.05, 3.63) is 18.3 Å². The molecular weight excluding hydrogens is 200 g/mol. The van der Waals surface area contributed by atoms with Crippen molar-refractivity contribution in [1.29, 1.82) is 0 Å². The van der Waals surface area contributed by atoms with Gasteiger partial charge in [0, 0.05) is 25.8 Å². The van der Waals surface area contributed by atoms with Crippen molar-refractivity contribution in [3.8, 4) is 0 Å². The summed E-state index contributed by atoms with van der Waals surface area (Å²) in [5.74, 6) is 0.623. The Kier molecular flexibility index (Phi) is 3.29. The van der Waals surface area contributed by atoms with Crippen LogP contribution in [-0.4, -0.2) is 43.1 Å². The van der Waals surface area contributed by atoms with E-state index in [9.17, 15) is 0 Å². The van der Waals surface area contributed by atoms with Crippen LogP contribution in [0.3, 0.4) is 0 Å². The molecule has 88 valence electrons. The zero-order chi connectivity index (χ0) is 11.5. The van der Waals surface area contributed by atoms with Gasteiger partial charge in [0.25, 0.3) is 0 Å². The molecule has 0 aliphatic carbocycles. The van der Waals surface area contributed by atoms with Gasteiger partial charge in [-0.05, 0) is 38.6 Å². The monoisotopic (exact) mass is 220 g/mol. The van der Waals surface area contributed by atoms with Gasteiger partial charge in [-0.3, -0.25) is 0 Å². The number of rotatable bonds is 2. The molecule has 1 unspecified atom stereocenters. The number of pyridine rings is 1. The summed E-state index contributed by atoms with van der Waals surface area (Å²) in [5.41, 5.74) is 6.94. The topological polar surface area (TPSA) is 45.4 Å². The molecule has 4 nitrogen and oxygen atoms in total. The second kappa shape index (κ2) is 4.70. The summed E-state index contributed by atoms with van der Waals surface area (Å²) in [7, 11) is 4.28. The Balaban J connectivity index is 2.12. The summed E-state index contributed by atoms with van der Waals surface area (Å²) < 4.78 is 0. The maximum Gasteiger partial charge on any atom is 0.146 e. The summed E-state index contributed by atoms with van der Waals surface area (Å²) in [6.45, 7) is 2.30. The molecule has 1 atom stereocenters. The van der Waals surface area contributed by atoms with Crippen LogP contribution in [0.15, 0.2) is 18.3 Å². The molecule has 1 aromatic heterocycles. The van der Waals surface area contributed by atoms with Gasteiger partial charge >= 0.3 is 0 Å². The molecular formula is C12H20N4. The highest BCUT2D eigenvalue weighted by Gasteiger charge is 2.22. The van der Waals surface area contributed by atoms with Crippen molar-refractivity contribution in [2.75, 3.05) is 37.8 Å². The van der Waals surface area contributed by atoms with Crippen molar-refractivity contribution in [3.63, 3.8) is 0 Å². The van der Waals surface area contributed by atoms with Gasteiger partial charge in [0.05, 0.1) is 5.69 Å². The van der Waals surface area contributed by atoms with E-state index in [0.717, 1.165) is 12.2 Å². The molecule has 2 N–H and O–H groups in total. The maximum absolute atomic E-state index is 5.90. The molecule has 16 heavy (non-hydrogen) atoms. The van der Waals surface area contributed by atoms with Crippen molar-refractivity contribution in [2.24, 2.45) is 0 Å². The lowest BCUT2D eigenvalue weighted by Crippen LogP contribution is -2.45. The first kappa shape index (κ1) is 11.2. The van der Waals surface area contributed by atoms with Crippen molar-refractivity contribution in [2.45, 2.75) is 18.9 Å². The van der Waals surface area contributed by atoms with Gasteiger partial charge in [-0.1, -0.05) is 0 Å². The van der Waals surface area contributed by atoms with Crippen molar-refractivity contribution < 1.29 is 0 Å². The van der Waals surface area contributed by atoms with Crippen LogP contribution < -0.4 is 10.6 Å². The van der Waals surface area contributed by atoms with Crippen molar-refractivity contribution >= 4 is 11.5 Å². The average Bonchev–Trinajstić information content (AvgIpc) is 2.29. The Morgan fingerprint density at radius 2 is 2.38 bits per heavy atom. The third-order valence-corrected chi connectivity index (χ3v) is 3.34. The van der Waals surface area contributed by atoms with E-state index < -0.39 is 0 Å². The lowest BCUT2D eigenvalue weighted by atomic mass is 10.0. The molecule has 2 rings (SSSR count). The Bertz CT molecular complexity index is 353. The molecule has 1 aliphatic rings. The highest BCUT2D eigenvalue weighted by atomic mass is 15.2. The minimum Gasteiger partial charge on any atom is -0.382 e. The van der Waals surface area contributed by atoms with Crippen LogP contribution >= 0.6 is 0 Å². The molecule has 0 radical (unpaired) electrons. The Labute approximate surface area is 97.1 Å². The van der Waals surface area contributed by atoms with E-state index in [2.05, 4.69) is 28.9 Å². The minimum atomic E-state index is 0.547. The molecule has 4 heteroatoms. The fourth-order valence-corrected chi connectivity index (χ4v) is 2.36. The van der Waals surface area contributed by atoms with Crippen LogP contribution in [0.2, 0.25) is 0 Å². The van der Waals surface area contributed by atoms with Crippen LogP contribution in [0.5, 0.6) is 0 Å². The lowest BCUT2D eigenvalue weighted by Gasteiger charge is -2.37. The fraction of sp³-hybridized carbons (Fsp3) is 0.583. The number of piperidine rings is 1. The van der Waals surface area contributed by atoms with Gasteiger partial charge in [-0.15, -0.1) is 0 Å². The molecule has 0 saturated carbocycles. The van der Waals surface area contributed by atoms with Gasteiger partial charge in [-0.2, -0.15) is 0 Å². The van der Waals surface area contributed by atoms with E-state index >= 15 is 0 Å². The first-order valence-corrected chi connectivity index (χ1v) is 5.80. The highest BCUT2D eigenvalue weighted by molar-refractivity contribution is 5.63. The van der Waals surface area contributed by atoms with Gasteiger partial charge in [0.15, 0.2) is 0 Å². The summed E-state index contributed by atoms with van der Waals surface area (Å²) in [6.07, 6.45) is 4.22. The standard InChI is InChI=1S/C12H20N4/c1-15-8-4-5-10(9-15)16(2)11-6-3-7-14-12(11)13/h3,6-7,10H,4-5,8-9H2,1-2H3,(H2,13,14). The number of aromatic nitrogens is 1. The lowest BCUT2D eigenvalue weighted by molar-refractivity contribution is 0.248. The number of likely N-dealkylation sites (tertiary alicyclic amines) is 1. The number of nitrogen functional groups attached to an aromatic ring is 1. The quantitative estimate of drug-likeness (QED) is 0.813. The van der Waals surface area contributed by atoms with Gasteiger partial charge in [-0.25, -0.2) is 4.98 Å². The van der Waals surface area contributed by atoms with Crippen molar-refractivity contribution in [1.82, 2.24) is 9.88 Å². The molecule has 1 aliphatic heterocycles. The normalized spacial score (nSPS) is 22.0. The van der Waals surface area contributed by atoms with Crippen LogP contribution in [0, 0.1) is 0 Å². The minimum absolute atomic E-state index is 0.547. The van der Waals surface area contributed by atoms with Gasteiger partial charge in [0.2, 0.25) is 0 Å². The second-order valence-corrected chi connectivity index (χ2v) is 4.58. The summed E-state index contributed by atoms with van der Waals surface area (Å²) in [5, 5.41) is 0. The van der Waals surface area contributed by atoms with E-state index in [1.54, 1.807) is 6.20 Å². The number of likely N-dealkylation sites (N-methyl/N-ethyl adjacent to an activating group) is 2. The van der Waals surface area contributed by atoms with Crippen LogP contribution in [0.1, 0.15) is 12.8 Å². The van der Waals surface area contributed by atoms with Crippen LogP contribution in [0.25, 0.3) is 0 Å². The zero-order valence-electron chi connectivity index (χ0n) is 10.1. The number of hydrogen-bond donors (Lipinski definition) is 1. The van der Waals surface area contributed by atoms with E-state index in [1.807, 2.05) is 12.1 Å².